The van der Waals surface area contributed by atoms with Crippen molar-refractivity contribution in [1.82, 2.24) is 14.4 Å². The van der Waals surface area contributed by atoms with Gasteiger partial charge in [-0.1, -0.05) is 15.9 Å². The number of fused-ring (bicyclic) bond motifs is 1. The quantitative estimate of drug-likeness (QED) is 0.667. The highest BCUT2D eigenvalue weighted by atomic mass is 79.9. The van der Waals surface area contributed by atoms with Gasteiger partial charge in [-0.3, -0.25) is 19.4 Å². The number of benzene rings is 1. The van der Waals surface area contributed by atoms with E-state index in [1.807, 2.05) is 17.0 Å². The molecular weight excluding hydrogens is 428 g/mol. The van der Waals surface area contributed by atoms with Crippen LogP contribution in [-0.4, -0.2) is 69.2 Å². The Morgan fingerprint density at radius 1 is 1.21 bits per heavy atom. The fourth-order valence-electron chi connectivity index (χ4n) is 3.73. The van der Waals surface area contributed by atoms with Crippen LogP contribution in [0.4, 0.5) is 0 Å². The predicted octanol–water partition coefficient (Wildman–Crippen LogP) is 2.15. The Hall–Kier alpha value is -2.41. The summed E-state index contributed by atoms with van der Waals surface area (Å²) in [5.74, 6) is -1.94. The third kappa shape index (κ3) is 4.35. The summed E-state index contributed by atoms with van der Waals surface area (Å²) in [5.41, 5.74) is 1.29. The second-order valence-electron chi connectivity index (χ2n) is 6.79. The zero-order valence-electron chi connectivity index (χ0n) is 15.2. The first-order valence-electron chi connectivity index (χ1n) is 8.97. The highest BCUT2D eigenvalue weighted by Gasteiger charge is 2.32. The number of nitrogens with zero attached hydrogens (tertiary/aromatic N) is 4. The molecule has 3 rings (SSSR count). The van der Waals surface area contributed by atoms with Crippen molar-refractivity contribution < 1.29 is 19.8 Å². The molecule has 1 atom stereocenters. The third-order valence-electron chi connectivity index (χ3n) is 5.02. The van der Waals surface area contributed by atoms with Crippen molar-refractivity contribution in [3.63, 3.8) is 0 Å². The fourth-order valence-corrected chi connectivity index (χ4v) is 4.09. The maximum absolute atomic E-state index is 12.2. The molecule has 148 valence electrons. The summed E-state index contributed by atoms with van der Waals surface area (Å²) in [6, 6.07) is 6.72. The van der Waals surface area contributed by atoms with Gasteiger partial charge in [0.15, 0.2) is 0 Å². The van der Waals surface area contributed by atoms with Gasteiger partial charge in [-0.25, -0.2) is 0 Å². The lowest BCUT2D eigenvalue weighted by atomic mass is 10.0. The number of halogens is 1. The number of carbonyl (C=O) groups is 2. The van der Waals surface area contributed by atoms with E-state index >= 15 is 0 Å². The molecule has 1 aliphatic heterocycles. The highest BCUT2D eigenvalue weighted by molar-refractivity contribution is 9.10. The van der Waals surface area contributed by atoms with Crippen molar-refractivity contribution in [2.75, 3.05) is 32.7 Å². The molecule has 0 aliphatic carbocycles. The van der Waals surface area contributed by atoms with Gasteiger partial charge in [0.2, 0.25) is 0 Å². The minimum absolute atomic E-state index is 0.230. The smallest absolute Gasteiger partial charge is 0.325 e. The summed E-state index contributed by atoms with van der Waals surface area (Å²) in [4.78, 5) is 27.5. The molecule has 2 N–H and O–H groups in total. The standard InChI is InChI=1S/C19H21BrN4O4/c20-13-2-3-16-14(10-13)15(11-24(16)12-17(25)26)18(19(27)28)23-8-6-22(7-9-23)5-1-4-21/h2-3,10-11,18H,1,5-9,12H2,(H,25,26)(H,27,28)/t18-/m1/s1. The number of carboxylic acid groups (broad SMARTS) is 2. The van der Waals surface area contributed by atoms with E-state index in [4.69, 9.17) is 5.26 Å². The van der Waals surface area contributed by atoms with Crippen LogP contribution in [0.15, 0.2) is 28.9 Å². The van der Waals surface area contributed by atoms with Crippen LogP contribution in [0.5, 0.6) is 0 Å². The van der Waals surface area contributed by atoms with E-state index in [0.717, 1.165) is 9.86 Å². The van der Waals surface area contributed by atoms with Crippen LogP contribution < -0.4 is 0 Å². The van der Waals surface area contributed by atoms with Crippen LogP contribution in [0, 0.1) is 11.3 Å². The molecule has 2 heterocycles. The van der Waals surface area contributed by atoms with Crippen LogP contribution in [0.25, 0.3) is 10.9 Å². The van der Waals surface area contributed by atoms with Gasteiger partial charge in [0, 0.05) is 66.3 Å². The Labute approximate surface area is 170 Å². The molecule has 1 fully saturated rings. The molecule has 1 saturated heterocycles. The first kappa shape index (κ1) is 20.3. The summed E-state index contributed by atoms with van der Waals surface area (Å²) < 4.78 is 2.39. The number of aliphatic carboxylic acids is 2. The van der Waals surface area contributed by atoms with Crippen molar-refractivity contribution in [3.8, 4) is 6.07 Å². The maximum Gasteiger partial charge on any atom is 0.325 e. The molecule has 1 aliphatic rings. The van der Waals surface area contributed by atoms with Crippen molar-refractivity contribution in [3.05, 3.63) is 34.4 Å². The second kappa shape index (κ2) is 8.73. The molecule has 0 spiro atoms. The van der Waals surface area contributed by atoms with Crippen molar-refractivity contribution in [2.24, 2.45) is 0 Å². The number of hydrogen-bond acceptors (Lipinski definition) is 5. The molecule has 0 radical (unpaired) electrons. The Kier molecular flexibility index (Phi) is 6.34. The van der Waals surface area contributed by atoms with E-state index in [0.29, 0.717) is 50.2 Å². The fraction of sp³-hybridized carbons (Fsp3) is 0.421. The van der Waals surface area contributed by atoms with Crippen LogP contribution in [0.1, 0.15) is 18.0 Å². The van der Waals surface area contributed by atoms with Gasteiger partial charge >= 0.3 is 11.9 Å². The van der Waals surface area contributed by atoms with Gasteiger partial charge in [-0.05, 0) is 18.2 Å². The largest absolute Gasteiger partial charge is 0.480 e. The summed E-state index contributed by atoms with van der Waals surface area (Å²) >= 11 is 3.42. The first-order chi connectivity index (χ1) is 13.4. The van der Waals surface area contributed by atoms with Gasteiger partial charge in [-0.15, -0.1) is 0 Å². The highest BCUT2D eigenvalue weighted by Crippen LogP contribution is 2.33. The molecule has 2 aromatic rings. The van der Waals surface area contributed by atoms with Crippen LogP contribution in [0.2, 0.25) is 0 Å². The van der Waals surface area contributed by atoms with Gasteiger partial charge in [0.1, 0.15) is 12.6 Å². The molecule has 1 aromatic carbocycles. The predicted molar refractivity (Wildman–Crippen MR) is 106 cm³/mol. The number of carboxylic acids is 2. The molecule has 0 bridgehead atoms. The summed E-state index contributed by atoms with van der Waals surface area (Å²) in [6.07, 6.45) is 2.10. The van der Waals surface area contributed by atoms with E-state index in [9.17, 15) is 19.8 Å². The lowest BCUT2D eigenvalue weighted by Gasteiger charge is -2.37. The van der Waals surface area contributed by atoms with Crippen molar-refractivity contribution in [2.45, 2.75) is 19.0 Å². The molecule has 0 amide bonds. The Balaban J connectivity index is 1.93. The number of piperazine rings is 1. The molecular formula is C19H21BrN4O4. The van der Waals surface area contributed by atoms with Gasteiger partial charge in [-0.2, -0.15) is 5.26 Å². The Bertz CT molecular complexity index is 928. The third-order valence-corrected chi connectivity index (χ3v) is 5.51. The minimum Gasteiger partial charge on any atom is -0.480 e. The van der Waals surface area contributed by atoms with Crippen LogP contribution in [-0.2, 0) is 16.1 Å². The van der Waals surface area contributed by atoms with Gasteiger partial charge < -0.3 is 14.8 Å². The normalized spacial score (nSPS) is 16.7. The molecule has 1 aromatic heterocycles. The van der Waals surface area contributed by atoms with E-state index in [1.54, 1.807) is 16.8 Å². The number of hydrogen-bond donors (Lipinski definition) is 2. The molecule has 8 nitrogen and oxygen atoms in total. The number of nitriles is 1. The van der Waals surface area contributed by atoms with Crippen LogP contribution in [0.3, 0.4) is 0 Å². The number of rotatable bonds is 7. The van der Waals surface area contributed by atoms with E-state index in [1.165, 1.54) is 0 Å². The Morgan fingerprint density at radius 2 is 1.93 bits per heavy atom. The maximum atomic E-state index is 12.2. The van der Waals surface area contributed by atoms with Crippen molar-refractivity contribution >= 4 is 38.8 Å². The number of aromatic nitrogens is 1. The van der Waals surface area contributed by atoms with Gasteiger partial charge in [0.05, 0.1) is 6.07 Å². The SMILES string of the molecule is N#CCCN1CCN([C@@H](C(=O)O)c2cn(CC(=O)O)c3ccc(Br)cc23)CC1. The van der Waals surface area contributed by atoms with Crippen molar-refractivity contribution in [1.29, 1.82) is 5.26 Å². The first-order valence-corrected chi connectivity index (χ1v) is 9.76. The van der Waals surface area contributed by atoms with E-state index < -0.39 is 18.0 Å². The second-order valence-corrected chi connectivity index (χ2v) is 7.71. The minimum atomic E-state index is -0.982. The monoisotopic (exact) mass is 448 g/mol. The zero-order valence-corrected chi connectivity index (χ0v) is 16.8. The van der Waals surface area contributed by atoms with E-state index in [-0.39, 0.29) is 6.54 Å². The lowest BCUT2D eigenvalue weighted by Crippen LogP contribution is -2.49. The molecule has 0 unspecified atom stereocenters. The lowest BCUT2D eigenvalue weighted by molar-refractivity contribution is -0.144. The zero-order chi connectivity index (χ0) is 20.3. The van der Waals surface area contributed by atoms with E-state index in [2.05, 4.69) is 26.9 Å². The summed E-state index contributed by atoms with van der Waals surface area (Å²) in [5, 5.41) is 28.6. The average molecular weight is 449 g/mol. The molecule has 9 heteroatoms. The Morgan fingerprint density at radius 3 is 2.54 bits per heavy atom. The summed E-state index contributed by atoms with van der Waals surface area (Å²) in [7, 11) is 0. The summed E-state index contributed by atoms with van der Waals surface area (Å²) in [6.45, 7) is 3.00. The van der Waals surface area contributed by atoms with Gasteiger partial charge in [0.25, 0.3) is 0 Å². The molecule has 0 saturated carbocycles. The molecule has 28 heavy (non-hydrogen) atoms. The topological polar surface area (TPSA) is 110 Å². The van der Waals surface area contributed by atoms with Crippen LogP contribution >= 0.6 is 15.9 Å². The average Bonchev–Trinajstić information content (AvgIpc) is 2.97.